The molecular formula is C11H13FN2O4. The highest BCUT2D eigenvalue weighted by molar-refractivity contribution is 5.94. The van der Waals surface area contributed by atoms with E-state index in [1.54, 1.807) is 6.92 Å². The number of nitrogens with one attached hydrogen (secondary N) is 1. The van der Waals surface area contributed by atoms with Gasteiger partial charge in [-0.1, -0.05) is 0 Å². The molecule has 7 heteroatoms. The summed E-state index contributed by atoms with van der Waals surface area (Å²) < 4.78 is 18.0. The van der Waals surface area contributed by atoms with Gasteiger partial charge in [-0.15, -0.1) is 0 Å². The maximum atomic E-state index is 13.1. The SMILES string of the molecule is COC(C)CNC(=O)c1ccc(F)c([N+](=O)[O-])c1. The number of ether oxygens (including phenoxy) is 1. The monoisotopic (exact) mass is 256 g/mol. The molecule has 0 aliphatic rings. The number of nitro groups is 1. The first-order valence-electron chi connectivity index (χ1n) is 5.20. The second-order valence-electron chi connectivity index (χ2n) is 3.68. The molecule has 1 atom stereocenters. The predicted octanol–water partition coefficient (Wildman–Crippen LogP) is 1.50. The Kier molecular flexibility index (Phi) is 4.73. The minimum Gasteiger partial charge on any atom is -0.380 e. The molecule has 0 saturated carbocycles. The van der Waals surface area contributed by atoms with Crippen LogP contribution in [0.2, 0.25) is 0 Å². The van der Waals surface area contributed by atoms with E-state index in [4.69, 9.17) is 4.74 Å². The number of rotatable bonds is 5. The molecule has 0 spiro atoms. The number of carbonyl (C=O) groups is 1. The molecule has 0 aliphatic carbocycles. The first kappa shape index (κ1) is 14.0. The summed E-state index contributed by atoms with van der Waals surface area (Å²) in [6, 6.07) is 2.99. The van der Waals surface area contributed by atoms with Crippen molar-refractivity contribution in [2.45, 2.75) is 13.0 Å². The number of nitrogens with zero attached hydrogens (tertiary/aromatic N) is 1. The van der Waals surface area contributed by atoms with E-state index < -0.39 is 22.3 Å². The van der Waals surface area contributed by atoms with Gasteiger partial charge in [0.05, 0.1) is 11.0 Å². The Balaban J connectivity index is 2.80. The van der Waals surface area contributed by atoms with Gasteiger partial charge in [-0.3, -0.25) is 14.9 Å². The van der Waals surface area contributed by atoms with Crippen LogP contribution < -0.4 is 5.32 Å². The van der Waals surface area contributed by atoms with Gasteiger partial charge in [0.2, 0.25) is 5.82 Å². The van der Waals surface area contributed by atoms with Crippen molar-refractivity contribution in [1.29, 1.82) is 0 Å². The zero-order chi connectivity index (χ0) is 13.7. The highest BCUT2D eigenvalue weighted by atomic mass is 19.1. The van der Waals surface area contributed by atoms with Gasteiger partial charge in [0.1, 0.15) is 0 Å². The summed E-state index contributed by atoms with van der Waals surface area (Å²) in [6.45, 7) is 2.02. The summed E-state index contributed by atoms with van der Waals surface area (Å²) in [5.41, 5.74) is -0.686. The smallest absolute Gasteiger partial charge is 0.305 e. The van der Waals surface area contributed by atoms with Crippen molar-refractivity contribution in [3.63, 3.8) is 0 Å². The predicted molar refractivity (Wildman–Crippen MR) is 61.9 cm³/mol. The average molecular weight is 256 g/mol. The highest BCUT2D eigenvalue weighted by Gasteiger charge is 2.17. The summed E-state index contributed by atoms with van der Waals surface area (Å²) in [7, 11) is 1.50. The molecule has 1 unspecified atom stereocenters. The molecular weight excluding hydrogens is 243 g/mol. The molecule has 0 aromatic heterocycles. The van der Waals surface area contributed by atoms with E-state index in [1.807, 2.05) is 0 Å². The van der Waals surface area contributed by atoms with Crippen molar-refractivity contribution >= 4 is 11.6 Å². The lowest BCUT2D eigenvalue weighted by Crippen LogP contribution is -2.31. The topological polar surface area (TPSA) is 81.5 Å². The van der Waals surface area contributed by atoms with Gasteiger partial charge in [-0.05, 0) is 19.1 Å². The largest absolute Gasteiger partial charge is 0.380 e. The van der Waals surface area contributed by atoms with Crippen LogP contribution in [0.1, 0.15) is 17.3 Å². The van der Waals surface area contributed by atoms with Gasteiger partial charge in [0.25, 0.3) is 5.91 Å². The van der Waals surface area contributed by atoms with Crippen molar-refractivity contribution in [3.8, 4) is 0 Å². The van der Waals surface area contributed by atoms with E-state index in [0.717, 1.165) is 12.1 Å². The van der Waals surface area contributed by atoms with Crippen LogP contribution in [0.3, 0.4) is 0 Å². The summed E-state index contributed by atoms with van der Waals surface area (Å²) in [6.07, 6.45) is -0.176. The molecule has 0 aliphatic heterocycles. The lowest BCUT2D eigenvalue weighted by Gasteiger charge is -2.10. The fraction of sp³-hybridized carbons (Fsp3) is 0.364. The lowest BCUT2D eigenvalue weighted by molar-refractivity contribution is -0.387. The number of methoxy groups -OCH3 is 1. The Morgan fingerprint density at radius 3 is 2.83 bits per heavy atom. The molecule has 1 amide bonds. The molecule has 0 heterocycles. The third-order valence-electron chi connectivity index (χ3n) is 2.36. The van der Waals surface area contributed by atoms with Crippen molar-refractivity contribution < 1.29 is 18.8 Å². The Hall–Kier alpha value is -2.02. The van der Waals surface area contributed by atoms with Crippen LogP contribution in [0.5, 0.6) is 0 Å². The number of halogens is 1. The highest BCUT2D eigenvalue weighted by Crippen LogP contribution is 2.18. The van der Waals surface area contributed by atoms with Crippen LogP contribution in [-0.2, 0) is 4.74 Å². The molecule has 18 heavy (non-hydrogen) atoms. The van der Waals surface area contributed by atoms with Crippen LogP contribution in [-0.4, -0.2) is 30.6 Å². The van der Waals surface area contributed by atoms with Gasteiger partial charge in [-0.2, -0.15) is 4.39 Å². The Labute approximate surface area is 103 Å². The van der Waals surface area contributed by atoms with Gasteiger partial charge >= 0.3 is 5.69 Å². The van der Waals surface area contributed by atoms with E-state index in [0.29, 0.717) is 0 Å². The summed E-state index contributed by atoms with van der Waals surface area (Å²) in [5, 5.41) is 13.0. The minimum absolute atomic E-state index is 0.0337. The maximum absolute atomic E-state index is 13.1. The molecule has 1 aromatic carbocycles. The normalized spacial score (nSPS) is 11.9. The Morgan fingerprint density at radius 2 is 2.28 bits per heavy atom. The van der Waals surface area contributed by atoms with E-state index >= 15 is 0 Å². The second-order valence-corrected chi connectivity index (χ2v) is 3.68. The van der Waals surface area contributed by atoms with Crippen LogP contribution in [0.25, 0.3) is 0 Å². The number of benzene rings is 1. The first-order valence-corrected chi connectivity index (χ1v) is 5.20. The van der Waals surface area contributed by atoms with Crippen molar-refractivity contribution in [1.82, 2.24) is 5.32 Å². The maximum Gasteiger partial charge on any atom is 0.305 e. The van der Waals surface area contributed by atoms with Gasteiger partial charge in [0, 0.05) is 25.3 Å². The number of carbonyl (C=O) groups excluding carboxylic acids is 1. The van der Waals surface area contributed by atoms with Crippen LogP contribution in [0, 0.1) is 15.9 Å². The summed E-state index contributed by atoms with van der Waals surface area (Å²) >= 11 is 0. The van der Waals surface area contributed by atoms with E-state index in [-0.39, 0.29) is 18.2 Å². The number of amides is 1. The summed E-state index contributed by atoms with van der Waals surface area (Å²) in [5.74, 6) is -1.48. The third-order valence-corrected chi connectivity index (χ3v) is 2.36. The zero-order valence-corrected chi connectivity index (χ0v) is 9.97. The van der Waals surface area contributed by atoms with Crippen LogP contribution in [0.15, 0.2) is 18.2 Å². The van der Waals surface area contributed by atoms with Gasteiger partial charge < -0.3 is 10.1 Å². The molecule has 0 saturated heterocycles. The molecule has 6 nitrogen and oxygen atoms in total. The van der Waals surface area contributed by atoms with Crippen LogP contribution >= 0.6 is 0 Å². The molecule has 1 rings (SSSR count). The molecule has 0 fully saturated rings. The fourth-order valence-corrected chi connectivity index (χ4v) is 1.22. The second kappa shape index (κ2) is 6.06. The van der Waals surface area contributed by atoms with E-state index in [1.165, 1.54) is 13.2 Å². The van der Waals surface area contributed by atoms with Crippen LogP contribution in [0.4, 0.5) is 10.1 Å². The quantitative estimate of drug-likeness (QED) is 0.639. The first-order chi connectivity index (χ1) is 8.45. The molecule has 98 valence electrons. The van der Waals surface area contributed by atoms with E-state index in [9.17, 15) is 19.3 Å². The standard InChI is InChI=1S/C11H13FN2O4/c1-7(18-2)6-13-11(15)8-3-4-9(12)10(5-8)14(16)17/h3-5,7H,6H2,1-2H3,(H,13,15). The Bertz CT molecular complexity index is 464. The van der Waals surface area contributed by atoms with Crippen molar-refractivity contribution in [3.05, 3.63) is 39.7 Å². The van der Waals surface area contributed by atoms with E-state index in [2.05, 4.69) is 5.32 Å². The van der Waals surface area contributed by atoms with Gasteiger partial charge in [0.15, 0.2) is 0 Å². The van der Waals surface area contributed by atoms with Crippen molar-refractivity contribution in [2.24, 2.45) is 0 Å². The third kappa shape index (κ3) is 3.49. The molecule has 0 radical (unpaired) electrons. The molecule has 1 N–H and O–H groups in total. The van der Waals surface area contributed by atoms with Crippen molar-refractivity contribution in [2.75, 3.05) is 13.7 Å². The number of nitro benzene ring substituents is 1. The minimum atomic E-state index is -0.971. The molecule has 1 aromatic rings. The Morgan fingerprint density at radius 1 is 1.61 bits per heavy atom. The lowest BCUT2D eigenvalue weighted by atomic mass is 10.2. The molecule has 0 bridgehead atoms. The number of hydrogen-bond donors (Lipinski definition) is 1. The van der Waals surface area contributed by atoms with Gasteiger partial charge in [-0.25, -0.2) is 0 Å². The average Bonchev–Trinajstić information content (AvgIpc) is 2.35. The number of hydrogen-bond acceptors (Lipinski definition) is 4. The fourth-order valence-electron chi connectivity index (χ4n) is 1.22. The summed E-state index contributed by atoms with van der Waals surface area (Å²) in [4.78, 5) is 21.3. The zero-order valence-electron chi connectivity index (χ0n) is 9.97.